The van der Waals surface area contributed by atoms with Gasteiger partial charge >= 0.3 is 0 Å². The summed E-state index contributed by atoms with van der Waals surface area (Å²) in [6.07, 6.45) is 0. The molecule has 5 N–H and O–H groups in total. The zero-order valence-corrected chi connectivity index (χ0v) is 18.3. The Kier molecular flexibility index (Phi) is 7.84. The van der Waals surface area contributed by atoms with Crippen molar-refractivity contribution in [3.63, 3.8) is 0 Å². The van der Waals surface area contributed by atoms with Crippen molar-refractivity contribution in [1.82, 2.24) is 9.73 Å². The van der Waals surface area contributed by atoms with Crippen molar-refractivity contribution in [2.24, 2.45) is 16.8 Å². The molecule has 3 rings (SSSR count). The molecule has 0 spiro atoms. The van der Waals surface area contributed by atoms with E-state index in [1.165, 1.54) is 0 Å². The molecule has 1 unspecified atom stereocenters. The number of amidine groups is 1. The third-order valence-corrected chi connectivity index (χ3v) is 6.24. The fraction of sp³-hybridized carbons (Fsp3) is 0.0952. The molecule has 3 aromatic carbocycles. The predicted octanol–water partition coefficient (Wildman–Crippen LogP) is 3.80. The van der Waals surface area contributed by atoms with Crippen LogP contribution in [0.25, 0.3) is 0 Å². The molecule has 30 heavy (non-hydrogen) atoms. The Hall–Kier alpha value is -2.42. The molecule has 9 heteroatoms. The average molecular weight is 462 g/mol. The fourth-order valence-corrected chi connectivity index (χ4v) is 4.42. The predicted molar refractivity (Wildman–Crippen MR) is 123 cm³/mol. The minimum Gasteiger partial charge on any atom is -0.321 e. The van der Waals surface area contributed by atoms with Crippen LogP contribution in [0.5, 0.6) is 0 Å². The molecule has 0 saturated carbocycles. The molecule has 156 valence electrons. The zero-order chi connectivity index (χ0) is 21.5. The van der Waals surface area contributed by atoms with Gasteiger partial charge < -0.3 is 11.3 Å². The van der Waals surface area contributed by atoms with Crippen LogP contribution in [0.15, 0.2) is 82.8 Å². The number of hydrogen-bond acceptors (Lipinski definition) is 4. The first kappa shape index (κ1) is 22.3. The second-order valence-electron chi connectivity index (χ2n) is 6.45. The van der Waals surface area contributed by atoms with Crippen LogP contribution in [-0.2, 0) is 24.1 Å². The summed E-state index contributed by atoms with van der Waals surface area (Å²) in [5.74, 6) is 11.1. The molecule has 0 bridgehead atoms. The van der Waals surface area contributed by atoms with E-state index in [9.17, 15) is 4.21 Å². The molecule has 6 nitrogen and oxygen atoms in total. The van der Waals surface area contributed by atoms with Gasteiger partial charge in [0, 0.05) is 28.7 Å². The monoisotopic (exact) mass is 461 g/mol. The summed E-state index contributed by atoms with van der Waals surface area (Å²) < 4.78 is 15.2. The number of nitrogens with one attached hydrogen (secondary N) is 1. The number of rotatable bonds is 7. The number of nitrogens with zero attached hydrogens (tertiary/aromatic N) is 2. The van der Waals surface area contributed by atoms with Gasteiger partial charge in [-0.15, -0.1) is 0 Å². The Labute approximate surface area is 188 Å². The van der Waals surface area contributed by atoms with Gasteiger partial charge in [-0.3, -0.25) is 0 Å². The van der Waals surface area contributed by atoms with Gasteiger partial charge in [0.05, 0.1) is 4.90 Å². The lowest BCUT2D eigenvalue weighted by Gasteiger charge is -2.22. The normalized spacial score (nSPS) is 12.7. The van der Waals surface area contributed by atoms with E-state index in [1.807, 2.05) is 52.8 Å². The number of hydrazone groups is 1. The van der Waals surface area contributed by atoms with Crippen molar-refractivity contribution in [2.75, 3.05) is 0 Å². The topological polar surface area (TPSA) is 96.7 Å². The molecule has 0 fully saturated rings. The van der Waals surface area contributed by atoms with E-state index in [-0.39, 0.29) is 0 Å². The lowest BCUT2D eigenvalue weighted by molar-refractivity contribution is 0.435. The quantitative estimate of drug-likeness (QED) is 0.215. The minimum atomic E-state index is -1.40. The van der Waals surface area contributed by atoms with Gasteiger partial charge in [-0.2, -0.15) is 5.10 Å². The molecule has 0 radical (unpaired) electrons. The lowest BCUT2D eigenvalue weighted by Crippen LogP contribution is -2.32. The van der Waals surface area contributed by atoms with E-state index < -0.39 is 11.0 Å². The van der Waals surface area contributed by atoms with Gasteiger partial charge in [-0.1, -0.05) is 59.6 Å². The Bertz CT molecular complexity index is 1040. The van der Waals surface area contributed by atoms with Gasteiger partial charge in [-0.05, 0) is 47.5 Å². The smallest absolute Gasteiger partial charge is 0.166 e. The van der Waals surface area contributed by atoms with Crippen LogP contribution in [-0.4, -0.2) is 14.3 Å². The maximum Gasteiger partial charge on any atom is 0.166 e. The second kappa shape index (κ2) is 10.6. The Morgan fingerprint density at radius 3 is 2.20 bits per heavy atom. The maximum atomic E-state index is 13.3. The van der Waals surface area contributed by atoms with Crippen molar-refractivity contribution in [3.8, 4) is 0 Å². The number of benzene rings is 3. The summed E-state index contributed by atoms with van der Waals surface area (Å²) in [6.45, 7) is 0.907. The maximum absolute atomic E-state index is 13.3. The van der Waals surface area contributed by atoms with Gasteiger partial charge in [0.2, 0.25) is 0 Å². The molecule has 0 aliphatic rings. The van der Waals surface area contributed by atoms with E-state index in [0.29, 0.717) is 33.9 Å². The van der Waals surface area contributed by atoms with Crippen LogP contribution >= 0.6 is 23.2 Å². The van der Waals surface area contributed by atoms with Crippen LogP contribution in [0.4, 0.5) is 0 Å². The highest BCUT2D eigenvalue weighted by Gasteiger charge is 2.17. The summed E-state index contributed by atoms with van der Waals surface area (Å²) in [5, 5.41) is 4.84. The first-order valence-electron chi connectivity index (χ1n) is 9.01. The van der Waals surface area contributed by atoms with Crippen LogP contribution in [0.2, 0.25) is 10.0 Å². The van der Waals surface area contributed by atoms with E-state index in [1.54, 1.807) is 24.3 Å². The van der Waals surface area contributed by atoms with Crippen molar-refractivity contribution >= 4 is 40.0 Å². The van der Waals surface area contributed by atoms with Crippen LogP contribution in [0, 0.1) is 0 Å². The fourth-order valence-electron chi connectivity index (χ4n) is 2.88. The second-order valence-corrected chi connectivity index (χ2v) is 8.81. The number of halogens is 2. The van der Waals surface area contributed by atoms with E-state index in [4.69, 9.17) is 34.9 Å². The number of nitrogens with two attached hydrogens (primary N) is 2. The van der Waals surface area contributed by atoms with E-state index in [0.717, 1.165) is 16.7 Å². The van der Waals surface area contributed by atoms with Crippen LogP contribution < -0.4 is 17.1 Å². The first-order valence-corrected chi connectivity index (χ1v) is 10.9. The average Bonchev–Trinajstić information content (AvgIpc) is 2.75. The van der Waals surface area contributed by atoms with Gasteiger partial charge in [0.15, 0.2) is 5.84 Å². The largest absolute Gasteiger partial charge is 0.321 e. The van der Waals surface area contributed by atoms with Crippen molar-refractivity contribution in [2.45, 2.75) is 18.0 Å². The molecule has 0 heterocycles. The highest BCUT2D eigenvalue weighted by molar-refractivity contribution is 7.82. The van der Waals surface area contributed by atoms with Crippen molar-refractivity contribution in [1.29, 1.82) is 0 Å². The molecular formula is C21H21Cl2N5OS. The van der Waals surface area contributed by atoms with Gasteiger partial charge in [-0.25, -0.2) is 14.4 Å². The minimum absolute atomic E-state index is 0.377. The number of hydrazine groups is 1. The lowest BCUT2D eigenvalue weighted by atomic mass is 10.1. The summed E-state index contributed by atoms with van der Waals surface area (Å²) in [7, 11) is -1.40. The van der Waals surface area contributed by atoms with Crippen LogP contribution in [0.1, 0.15) is 16.7 Å². The summed E-state index contributed by atoms with van der Waals surface area (Å²) in [4.78, 5) is 0.669. The molecule has 0 amide bonds. The molecule has 0 aliphatic heterocycles. The molecule has 1 atom stereocenters. The molecular weight excluding hydrogens is 441 g/mol. The molecule has 3 aromatic rings. The Morgan fingerprint density at radius 1 is 0.933 bits per heavy atom. The summed E-state index contributed by atoms with van der Waals surface area (Å²) in [5.41, 5.74) is 5.14. The van der Waals surface area contributed by atoms with Crippen molar-refractivity contribution in [3.05, 3.63) is 99.5 Å². The van der Waals surface area contributed by atoms with Gasteiger partial charge in [0.1, 0.15) is 11.0 Å². The first-order chi connectivity index (χ1) is 14.5. The Morgan fingerprint density at radius 2 is 1.60 bits per heavy atom. The van der Waals surface area contributed by atoms with Crippen molar-refractivity contribution < 1.29 is 4.21 Å². The SMILES string of the molecule is N/N=C(\NN)c1ccc(CN(Cc2cccc(Cl)c2)S(=O)c2ccc(Cl)cc2)cc1. The highest BCUT2D eigenvalue weighted by atomic mass is 35.5. The zero-order valence-electron chi connectivity index (χ0n) is 16.0. The summed E-state index contributed by atoms with van der Waals surface area (Å²) >= 11 is 12.1. The highest BCUT2D eigenvalue weighted by Crippen LogP contribution is 2.21. The van der Waals surface area contributed by atoms with E-state index >= 15 is 0 Å². The number of hydrogen-bond donors (Lipinski definition) is 3. The standard InChI is InChI=1S/C21H21Cl2N5OS/c22-18-8-10-20(11-9-18)30(29)28(14-16-2-1-3-19(23)12-16)13-15-4-6-17(7-5-15)21(26-24)27-25/h1-12H,13-14,24-25H2,(H,26,27). The summed E-state index contributed by atoms with van der Waals surface area (Å²) in [6, 6.07) is 22.1. The Balaban J connectivity index is 1.86. The molecule has 0 aliphatic carbocycles. The van der Waals surface area contributed by atoms with Crippen LogP contribution in [0.3, 0.4) is 0 Å². The molecule has 0 aromatic heterocycles. The van der Waals surface area contributed by atoms with Gasteiger partial charge in [0.25, 0.3) is 0 Å². The molecule has 0 saturated heterocycles. The third kappa shape index (κ3) is 5.81. The van der Waals surface area contributed by atoms with E-state index in [2.05, 4.69) is 10.5 Å². The third-order valence-electron chi connectivity index (χ3n) is 4.35.